The highest BCUT2D eigenvalue weighted by Crippen LogP contribution is 2.41. The standard InChI is InChI=1S/C27H24BrN7O7/c1-3-24(36)29-22-14-16(32(4-2)11-12-33-26(37)18-7-5-6-8-19(18)27(33)38)9-10-21(22)30-31-25-20(28)13-17(34(39)40)15-23(25)35(41)42/h5-10,13-15H,3-4,11-12H2,1-2H3,(H,29,36)/b31-30+. The lowest BCUT2D eigenvalue weighted by atomic mass is 10.1. The van der Waals surface area contributed by atoms with E-state index >= 15 is 0 Å². The van der Waals surface area contributed by atoms with Gasteiger partial charge in [-0.3, -0.25) is 39.5 Å². The topological polar surface area (TPSA) is 181 Å². The van der Waals surface area contributed by atoms with Crippen LogP contribution in [0.4, 0.5) is 34.1 Å². The van der Waals surface area contributed by atoms with Crippen molar-refractivity contribution in [3.8, 4) is 0 Å². The minimum Gasteiger partial charge on any atom is -0.370 e. The van der Waals surface area contributed by atoms with Crippen LogP contribution in [0.5, 0.6) is 0 Å². The summed E-state index contributed by atoms with van der Waals surface area (Å²) in [6.07, 6.45) is 0.164. The number of non-ortho nitro benzene ring substituents is 1. The normalized spacial score (nSPS) is 12.5. The number of benzene rings is 3. The van der Waals surface area contributed by atoms with Crippen LogP contribution in [0.25, 0.3) is 0 Å². The molecule has 1 aliphatic rings. The van der Waals surface area contributed by atoms with E-state index in [9.17, 15) is 34.6 Å². The number of nitrogens with one attached hydrogen (secondary N) is 1. The number of rotatable bonds is 11. The Hall–Kier alpha value is -5.05. The maximum Gasteiger partial charge on any atom is 0.304 e. The first-order valence-electron chi connectivity index (χ1n) is 12.7. The molecule has 0 unspecified atom stereocenters. The van der Waals surface area contributed by atoms with Crippen molar-refractivity contribution in [2.24, 2.45) is 10.2 Å². The zero-order valence-electron chi connectivity index (χ0n) is 22.4. The highest BCUT2D eigenvalue weighted by Gasteiger charge is 2.35. The third kappa shape index (κ3) is 6.15. The number of nitro groups is 2. The van der Waals surface area contributed by atoms with Crippen LogP contribution in [0.2, 0.25) is 0 Å². The highest BCUT2D eigenvalue weighted by molar-refractivity contribution is 9.10. The number of azo groups is 1. The third-order valence-corrected chi connectivity index (χ3v) is 7.09. The lowest BCUT2D eigenvalue weighted by molar-refractivity contribution is -0.393. The summed E-state index contributed by atoms with van der Waals surface area (Å²) in [5.74, 6) is -1.03. The number of amides is 3. The maximum absolute atomic E-state index is 12.8. The van der Waals surface area contributed by atoms with Crippen molar-refractivity contribution >= 4 is 67.8 Å². The van der Waals surface area contributed by atoms with Crippen molar-refractivity contribution in [1.29, 1.82) is 0 Å². The van der Waals surface area contributed by atoms with Gasteiger partial charge in [-0.1, -0.05) is 19.1 Å². The molecule has 0 aliphatic carbocycles. The Bertz CT molecular complexity index is 1610. The molecule has 0 fully saturated rings. The van der Waals surface area contributed by atoms with Crippen LogP contribution < -0.4 is 10.2 Å². The molecule has 15 heteroatoms. The molecule has 0 spiro atoms. The molecule has 216 valence electrons. The fourth-order valence-electron chi connectivity index (χ4n) is 4.30. The van der Waals surface area contributed by atoms with Crippen molar-refractivity contribution in [1.82, 2.24) is 4.90 Å². The van der Waals surface area contributed by atoms with Crippen LogP contribution in [0, 0.1) is 20.2 Å². The van der Waals surface area contributed by atoms with E-state index in [0.29, 0.717) is 29.9 Å². The number of imide groups is 1. The minimum absolute atomic E-state index is 0.00627. The van der Waals surface area contributed by atoms with Gasteiger partial charge in [0.15, 0.2) is 5.69 Å². The van der Waals surface area contributed by atoms with Crippen LogP contribution in [0.3, 0.4) is 0 Å². The van der Waals surface area contributed by atoms with E-state index in [-0.39, 0.29) is 52.2 Å². The number of anilines is 2. The summed E-state index contributed by atoms with van der Waals surface area (Å²) >= 11 is 3.09. The predicted octanol–water partition coefficient (Wildman–Crippen LogP) is 6.15. The second-order valence-electron chi connectivity index (χ2n) is 9.00. The zero-order chi connectivity index (χ0) is 30.6. The number of halogens is 1. The summed E-state index contributed by atoms with van der Waals surface area (Å²) < 4.78 is -0.00627. The largest absolute Gasteiger partial charge is 0.370 e. The molecule has 42 heavy (non-hydrogen) atoms. The average molecular weight is 638 g/mol. The number of carbonyl (C=O) groups is 3. The van der Waals surface area contributed by atoms with Gasteiger partial charge in [0.25, 0.3) is 17.5 Å². The molecule has 4 rings (SSSR count). The van der Waals surface area contributed by atoms with Gasteiger partial charge in [-0.05, 0) is 53.2 Å². The van der Waals surface area contributed by atoms with Crippen LogP contribution in [0.1, 0.15) is 41.0 Å². The van der Waals surface area contributed by atoms with Crippen molar-refractivity contribution in [2.75, 3.05) is 29.9 Å². The van der Waals surface area contributed by atoms with Gasteiger partial charge < -0.3 is 10.2 Å². The number of nitro benzene ring substituents is 2. The van der Waals surface area contributed by atoms with Gasteiger partial charge in [-0.25, -0.2) is 0 Å². The van der Waals surface area contributed by atoms with Gasteiger partial charge in [-0.2, -0.15) is 0 Å². The smallest absolute Gasteiger partial charge is 0.304 e. The van der Waals surface area contributed by atoms with Gasteiger partial charge in [0.05, 0.1) is 37.2 Å². The summed E-state index contributed by atoms with van der Waals surface area (Å²) in [5.41, 5.74) is 0.476. The van der Waals surface area contributed by atoms with E-state index in [1.165, 1.54) is 4.90 Å². The summed E-state index contributed by atoms with van der Waals surface area (Å²) in [4.78, 5) is 62.1. The van der Waals surface area contributed by atoms with E-state index in [4.69, 9.17) is 0 Å². The maximum atomic E-state index is 12.8. The Morgan fingerprint density at radius 2 is 1.64 bits per heavy atom. The van der Waals surface area contributed by atoms with Crippen LogP contribution in [-0.4, -0.2) is 52.1 Å². The van der Waals surface area contributed by atoms with E-state index in [0.717, 1.165) is 12.1 Å². The molecule has 0 bridgehead atoms. The number of carbonyl (C=O) groups excluding carboxylic acids is 3. The Morgan fingerprint density at radius 3 is 2.21 bits per heavy atom. The van der Waals surface area contributed by atoms with Gasteiger partial charge in [-0.15, -0.1) is 10.2 Å². The molecular formula is C27H24BrN7O7. The summed E-state index contributed by atoms with van der Waals surface area (Å²) in [7, 11) is 0. The van der Waals surface area contributed by atoms with E-state index < -0.39 is 21.2 Å². The molecule has 1 aliphatic heterocycles. The molecule has 0 atom stereocenters. The number of hydrogen-bond donors (Lipinski definition) is 1. The van der Waals surface area contributed by atoms with Crippen molar-refractivity contribution in [3.05, 3.63) is 90.4 Å². The molecule has 14 nitrogen and oxygen atoms in total. The molecule has 0 aromatic heterocycles. The predicted molar refractivity (Wildman–Crippen MR) is 157 cm³/mol. The molecule has 1 N–H and O–H groups in total. The molecule has 3 amide bonds. The number of likely N-dealkylation sites (N-methyl/N-ethyl adjacent to an activating group) is 1. The number of nitrogens with zero attached hydrogens (tertiary/aromatic N) is 6. The SMILES string of the molecule is CCC(=O)Nc1cc(N(CC)CCN2C(=O)c3ccccc3C2=O)ccc1/N=N/c1c(Br)cc([N+](=O)[O-])cc1[N+](=O)[O-]. The first-order chi connectivity index (χ1) is 20.0. The molecule has 0 saturated heterocycles. The molecule has 3 aromatic carbocycles. The Kier molecular flexibility index (Phi) is 9.00. The van der Waals surface area contributed by atoms with Gasteiger partial charge in [0.1, 0.15) is 5.69 Å². The highest BCUT2D eigenvalue weighted by atomic mass is 79.9. The van der Waals surface area contributed by atoms with Crippen molar-refractivity contribution in [2.45, 2.75) is 20.3 Å². The lowest BCUT2D eigenvalue weighted by Crippen LogP contribution is -2.38. The second-order valence-corrected chi connectivity index (χ2v) is 9.85. The zero-order valence-corrected chi connectivity index (χ0v) is 24.0. The lowest BCUT2D eigenvalue weighted by Gasteiger charge is -2.26. The van der Waals surface area contributed by atoms with Crippen LogP contribution in [0.15, 0.2) is 69.3 Å². The molecule has 3 aromatic rings. The first-order valence-corrected chi connectivity index (χ1v) is 13.5. The summed E-state index contributed by atoms with van der Waals surface area (Å²) in [6.45, 7) is 4.51. The molecule has 0 saturated carbocycles. The van der Waals surface area contributed by atoms with Gasteiger partial charge in [0.2, 0.25) is 5.91 Å². The van der Waals surface area contributed by atoms with E-state index in [1.54, 1.807) is 49.4 Å². The Labute approximate surface area is 247 Å². The minimum atomic E-state index is -0.803. The van der Waals surface area contributed by atoms with Crippen LogP contribution >= 0.6 is 15.9 Å². The molecule has 1 heterocycles. The number of fused-ring (bicyclic) bond motifs is 1. The quantitative estimate of drug-likeness (QED) is 0.112. The summed E-state index contributed by atoms with van der Waals surface area (Å²) in [6, 6.07) is 13.4. The Balaban J connectivity index is 1.62. The first kappa shape index (κ1) is 29.9. The number of hydrogen-bond acceptors (Lipinski definition) is 10. The monoisotopic (exact) mass is 637 g/mol. The summed E-state index contributed by atoms with van der Waals surface area (Å²) in [5, 5.41) is 33.5. The van der Waals surface area contributed by atoms with Gasteiger partial charge in [0, 0.05) is 37.8 Å². The van der Waals surface area contributed by atoms with E-state index in [2.05, 4.69) is 31.5 Å². The average Bonchev–Trinajstić information content (AvgIpc) is 3.21. The van der Waals surface area contributed by atoms with Gasteiger partial charge >= 0.3 is 5.69 Å². The molecular weight excluding hydrogens is 614 g/mol. The Morgan fingerprint density at radius 1 is 0.976 bits per heavy atom. The molecule has 0 radical (unpaired) electrons. The van der Waals surface area contributed by atoms with Crippen molar-refractivity contribution in [3.63, 3.8) is 0 Å². The third-order valence-electron chi connectivity index (χ3n) is 6.49. The van der Waals surface area contributed by atoms with Crippen LogP contribution in [-0.2, 0) is 4.79 Å². The second kappa shape index (κ2) is 12.6. The fourth-order valence-corrected chi connectivity index (χ4v) is 4.81. The van der Waals surface area contributed by atoms with Crippen molar-refractivity contribution < 1.29 is 24.2 Å². The van der Waals surface area contributed by atoms with E-state index in [1.807, 2.05) is 11.8 Å². The fraction of sp³-hybridized carbons (Fsp3) is 0.222.